The molecule has 1 atom stereocenters. The minimum absolute atomic E-state index is 0.242. The van der Waals surface area contributed by atoms with Crippen molar-refractivity contribution in [2.24, 2.45) is 5.84 Å². The monoisotopic (exact) mass is 296 g/mol. The fraction of sp³-hybridized carbons (Fsp3) is 0.200. The lowest BCUT2D eigenvalue weighted by Crippen LogP contribution is -2.30. The molecule has 5 heteroatoms. The number of nitrogens with two attached hydrogens (primary N) is 1. The van der Waals surface area contributed by atoms with Crippen molar-refractivity contribution in [2.45, 2.75) is 19.4 Å². The van der Waals surface area contributed by atoms with Crippen molar-refractivity contribution in [1.29, 1.82) is 0 Å². The molecule has 0 fully saturated rings. The van der Waals surface area contributed by atoms with Gasteiger partial charge in [0, 0.05) is 10.6 Å². The van der Waals surface area contributed by atoms with Crippen molar-refractivity contribution >= 4 is 11.6 Å². The Hall–Kier alpha value is -1.49. The Labute approximate surface area is 121 Å². The van der Waals surface area contributed by atoms with E-state index in [1.165, 1.54) is 18.2 Å². The van der Waals surface area contributed by atoms with Gasteiger partial charge in [-0.15, -0.1) is 0 Å². The fourth-order valence-corrected chi connectivity index (χ4v) is 2.42. The van der Waals surface area contributed by atoms with E-state index in [9.17, 15) is 8.78 Å². The Morgan fingerprint density at radius 3 is 2.65 bits per heavy atom. The molecule has 0 aliphatic rings. The summed E-state index contributed by atoms with van der Waals surface area (Å²) in [6.45, 7) is 1.85. The predicted molar refractivity (Wildman–Crippen MR) is 76.3 cm³/mol. The highest BCUT2D eigenvalue weighted by molar-refractivity contribution is 6.31. The van der Waals surface area contributed by atoms with Crippen molar-refractivity contribution in [3.8, 4) is 0 Å². The maximum absolute atomic E-state index is 13.8. The van der Waals surface area contributed by atoms with Gasteiger partial charge in [-0.2, -0.15) is 0 Å². The largest absolute Gasteiger partial charge is 0.271 e. The van der Waals surface area contributed by atoms with E-state index in [1.807, 2.05) is 6.92 Å². The first-order valence-corrected chi connectivity index (χ1v) is 6.55. The van der Waals surface area contributed by atoms with E-state index in [2.05, 4.69) is 5.43 Å². The Morgan fingerprint density at radius 1 is 1.25 bits per heavy atom. The molecular weight excluding hydrogens is 282 g/mol. The minimum atomic E-state index is -0.417. The highest BCUT2D eigenvalue weighted by Crippen LogP contribution is 2.27. The summed E-state index contributed by atoms with van der Waals surface area (Å²) in [5, 5.41) is 0.333. The second-order valence-electron chi connectivity index (χ2n) is 4.62. The summed E-state index contributed by atoms with van der Waals surface area (Å²) in [6, 6.07) is 8.52. The third-order valence-electron chi connectivity index (χ3n) is 3.29. The number of benzene rings is 2. The molecule has 106 valence electrons. The second-order valence-corrected chi connectivity index (χ2v) is 5.03. The Morgan fingerprint density at radius 2 is 2.00 bits per heavy atom. The predicted octanol–water partition coefficient (Wildman–Crippen LogP) is 3.67. The van der Waals surface area contributed by atoms with Crippen LogP contribution < -0.4 is 11.3 Å². The van der Waals surface area contributed by atoms with E-state index in [1.54, 1.807) is 18.2 Å². The lowest BCUT2D eigenvalue weighted by molar-refractivity contribution is 0.522. The van der Waals surface area contributed by atoms with E-state index in [0.717, 1.165) is 5.56 Å². The van der Waals surface area contributed by atoms with Gasteiger partial charge >= 0.3 is 0 Å². The van der Waals surface area contributed by atoms with Crippen molar-refractivity contribution in [3.63, 3.8) is 0 Å². The lowest BCUT2D eigenvalue weighted by atomic mass is 9.95. The van der Waals surface area contributed by atoms with E-state index in [0.29, 0.717) is 16.1 Å². The molecule has 0 amide bonds. The molecule has 0 saturated heterocycles. The Balaban J connectivity index is 2.36. The second kappa shape index (κ2) is 6.31. The molecule has 0 bridgehead atoms. The molecule has 0 radical (unpaired) electrons. The van der Waals surface area contributed by atoms with Crippen molar-refractivity contribution in [3.05, 3.63) is 69.7 Å². The van der Waals surface area contributed by atoms with Crippen molar-refractivity contribution < 1.29 is 8.78 Å². The van der Waals surface area contributed by atoms with Crippen LogP contribution in [0.5, 0.6) is 0 Å². The van der Waals surface area contributed by atoms with Crippen LogP contribution in [0.4, 0.5) is 8.78 Å². The van der Waals surface area contributed by atoms with E-state index >= 15 is 0 Å². The fourth-order valence-electron chi connectivity index (χ4n) is 2.18. The Bertz CT molecular complexity index is 597. The number of hydrogen-bond donors (Lipinski definition) is 2. The third-order valence-corrected chi connectivity index (χ3v) is 3.64. The van der Waals surface area contributed by atoms with Gasteiger partial charge in [-0.3, -0.25) is 11.3 Å². The van der Waals surface area contributed by atoms with E-state index in [4.69, 9.17) is 17.4 Å². The van der Waals surface area contributed by atoms with Crippen LogP contribution in [0.3, 0.4) is 0 Å². The maximum atomic E-state index is 13.8. The highest BCUT2D eigenvalue weighted by atomic mass is 35.5. The van der Waals surface area contributed by atoms with Gasteiger partial charge in [0.2, 0.25) is 0 Å². The van der Waals surface area contributed by atoms with Crippen LogP contribution in [0.25, 0.3) is 0 Å². The van der Waals surface area contributed by atoms with Crippen molar-refractivity contribution in [1.82, 2.24) is 5.43 Å². The summed E-state index contributed by atoms with van der Waals surface area (Å²) in [4.78, 5) is 0. The molecule has 3 N–H and O–H groups in total. The number of aryl methyl sites for hydroxylation is 1. The molecule has 0 aliphatic carbocycles. The van der Waals surface area contributed by atoms with Gasteiger partial charge in [0.15, 0.2) is 0 Å². The molecule has 2 aromatic carbocycles. The molecule has 0 saturated carbocycles. The van der Waals surface area contributed by atoms with E-state index in [-0.39, 0.29) is 12.2 Å². The molecule has 1 unspecified atom stereocenters. The van der Waals surface area contributed by atoms with Crippen LogP contribution in [0.1, 0.15) is 22.7 Å². The number of nitrogens with one attached hydrogen (secondary N) is 1. The maximum Gasteiger partial charge on any atom is 0.127 e. The van der Waals surface area contributed by atoms with Crippen molar-refractivity contribution in [2.75, 3.05) is 0 Å². The number of halogens is 3. The van der Waals surface area contributed by atoms with Gasteiger partial charge in [-0.25, -0.2) is 8.78 Å². The summed E-state index contributed by atoms with van der Waals surface area (Å²) in [6.07, 6.45) is 0.242. The first kappa shape index (κ1) is 14.9. The topological polar surface area (TPSA) is 38.0 Å². The van der Waals surface area contributed by atoms with Gasteiger partial charge in [0.25, 0.3) is 0 Å². The zero-order valence-electron chi connectivity index (χ0n) is 11.0. The van der Waals surface area contributed by atoms with Gasteiger partial charge in [0.1, 0.15) is 11.6 Å². The van der Waals surface area contributed by atoms with Crippen LogP contribution in [0.15, 0.2) is 36.4 Å². The molecule has 2 aromatic rings. The van der Waals surface area contributed by atoms with Crippen LogP contribution in [-0.4, -0.2) is 0 Å². The molecule has 0 heterocycles. The van der Waals surface area contributed by atoms with Crippen LogP contribution in [-0.2, 0) is 6.42 Å². The van der Waals surface area contributed by atoms with Crippen LogP contribution >= 0.6 is 11.6 Å². The first-order valence-electron chi connectivity index (χ1n) is 6.18. The number of hydrogen-bond acceptors (Lipinski definition) is 2. The molecule has 0 aliphatic heterocycles. The molecule has 2 nitrogen and oxygen atoms in total. The van der Waals surface area contributed by atoms with Gasteiger partial charge < -0.3 is 0 Å². The SMILES string of the molecule is Cc1ccc(F)cc1C(Cc1c(F)cccc1Cl)NN. The average Bonchev–Trinajstić information content (AvgIpc) is 2.42. The zero-order chi connectivity index (χ0) is 14.7. The molecule has 20 heavy (non-hydrogen) atoms. The van der Waals surface area contributed by atoms with Gasteiger partial charge in [-0.05, 0) is 48.7 Å². The molecule has 0 aromatic heterocycles. The highest BCUT2D eigenvalue weighted by Gasteiger charge is 2.17. The quantitative estimate of drug-likeness (QED) is 0.667. The molecule has 2 rings (SSSR count). The minimum Gasteiger partial charge on any atom is -0.271 e. The van der Waals surface area contributed by atoms with Gasteiger partial charge in [-0.1, -0.05) is 23.7 Å². The number of rotatable bonds is 4. The first-order chi connectivity index (χ1) is 9.52. The van der Waals surface area contributed by atoms with E-state index < -0.39 is 11.9 Å². The standard InChI is InChI=1S/C15H15ClF2N2/c1-9-5-6-10(17)7-11(9)15(20-19)8-12-13(16)3-2-4-14(12)18/h2-7,15,20H,8,19H2,1H3. The molecular formula is C15H15ClF2N2. The summed E-state index contributed by atoms with van der Waals surface area (Å²) < 4.78 is 27.2. The zero-order valence-corrected chi connectivity index (χ0v) is 11.7. The van der Waals surface area contributed by atoms with Crippen LogP contribution in [0.2, 0.25) is 5.02 Å². The number of hydrazine groups is 1. The normalized spacial score (nSPS) is 12.4. The summed E-state index contributed by atoms with van der Waals surface area (Å²) in [5.74, 6) is 4.78. The smallest absolute Gasteiger partial charge is 0.127 e. The van der Waals surface area contributed by atoms with Gasteiger partial charge in [0.05, 0.1) is 6.04 Å². The molecule has 0 spiro atoms. The summed E-state index contributed by atoms with van der Waals surface area (Å²) in [7, 11) is 0. The lowest BCUT2D eigenvalue weighted by Gasteiger charge is -2.19. The average molecular weight is 297 g/mol. The van der Waals surface area contributed by atoms with Crippen LogP contribution in [0, 0.1) is 18.6 Å². The summed E-state index contributed by atoms with van der Waals surface area (Å²) >= 11 is 6.01. The summed E-state index contributed by atoms with van der Waals surface area (Å²) in [5.41, 5.74) is 4.52. The Kier molecular flexibility index (Phi) is 4.70. The third kappa shape index (κ3) is 3.15.